The Bertz CT molecular complexity index is 112. The van der Waals surface area contributed by atoms with E-state index < -0.39 is 6.10 Å². The predicted molar refractivity (Wildman–Crippen MR) is 39.6 cm³/mol. The Morgan fingerprint density at radius 1 is 1.70 bits per heavy atom. The van der Waals surface area contributed by atoms with Crippen molar-refractivity contribution in [3.63, 3.8) is 0 Å². The van der Waals surface area contributed by atoms with Crippen LogP contribution in [0.25, 0.3) is 0 Å². The maximum absolute atomic E-state index is 10.5. The fourth-order valence-electron chi connectivity index (χ4n) is 0.825. The SMILES string of the molecule is CC[C@@H](NC(C)=O)[C@@H](C)O. The molecular weight excluding hydrogens is 130 g/mol. The molecule has 0 aliphatic heterocycles. The van der Waals surface area contributed by atoms with Gasteiger partial charge in [-0.05, 0) is 13.3 Å². The minimum atomic E-state index is -0.464. The Morgan fingerprint density at radius 2 is 2.20 bits per heavy atom. The number of aliphatic hydroxyl groups excluding tert-OH is 1. The van der Waals surface area contributed by atoms with Crippen LogP contribution < -0.4 is 5.32 Å². The lowest BCUT2D eigenvalue weighted by Gasteiger charge is -2.18. The van der Waals surface area contributed by atoms with Gasteiger partial charge in [-0.1, -0.05) is 6.92 Å². The minimum Gasteiger partial charge on any atom is -0.391 e. The number of nitrogens with one attached hydrogen (secondary N) is 1. The molecule has 3 heteroatoms. The summed E-state index contributed by atoms with van der Waals surface area (Å²) < 4.78 is 0. The molecule has 60 valence electrons. The van der Waals surface area contributed by atoms with Crippen molar-refractivity contribution < 1.29 is 9.90 Å². The molecule has 0 aliphatic rings. The Labute approximate surface area is 61.4 Å². The number of carbonyl (C=O) groups excluding carboxylic acids is 1. The normalized spacial score (nSPS) is 16.0. The first-order valence-corrected chi connectivity index (χ1v) is 3.53. The number of hydrogen-bond acceptors (Lipinski definition) is 2. The van der Waals surface area contributed by atoms with Gasteiger partial charge >= 0.3 is 0 Å². The number of amides is 1. The summed E-state index contributed by atoms with van der Waals surface area (Å²) in [6.45, 7) is 5.04. The second-order valence-electron chi connectivity index (χ2n) is 2.46. The first-order valence-electron chi connectivity index (χ1n) is 3.53. The summed E-state index contributed by atoms with van der Waals surface area (Å²) >= 11 is 0. The number of aliphatic hydroxyl groups is 1. The molecule has 10 heavy (non-hydrogen) atoms. The van der Waals surface area contributed by atoms with Crippen LogP contribution in [0.15, 0.2) is 0 Å². The molecule has 0 heterocycles. The van der Waals surface area contributed by atoms with E-state index in [4.69, 9.17) is 5.11 Å². The van der Waals surface area contributed by atoms with Crippen LogP contribution in [0.2, 0.25) is 0 Å². The molecular formula is C7H15NO2. The average molecular weight is 145 g/mol. The third-order valence-corrected chi connectivity index (χ3v) is 1.41. The van der Waals surface area contributed by atoms with Crippen molar-refractivity contribution >= 4 is 5.91 Å². The van der Waals surface area contributed by atoms with Crippen LogP contribution in [-0.4, -0.2) is 23.2 Å². The minimum absolute atomic E-state index is 0.0900. The van der Waals surface area contributed by atoms with Crippen LogP contribution in [0.5, 0.6) is 0 Å². The summed E-state index contributed by atoms with van der Waals surface area (Å²) in [5.74, 6) is -0.0900. The summed E-state index contributed by atoms with van der Waals surface area (Å²) in [5, 5.41) is 11.7. The van der Waals surface area contributed by atoms with Gasteiger partial charge in [0.05, 0.1) is 12.1 Å². The Morgan fingerprint density at radius 3 is 2.30 bits per heavy atom. The van der Waals surface area contributed by atoms with Crippen molar-refractivity contribution in [1.82, 2.24) is 5.32 Å². The summed E-state index contributed by atoms with van der Waals surface area (Å²) in [6, 6.07) is -0.0995. The van der Waals surface area contributed by atoms with Crippen molar-refractivity contribution in [2.24, 2.45) is 0 Å². The zero-order valence-electron chi connectivity index (χ0n) is 6.72. The second kappa shape index (κ2) is 4.28. The van der Waals surface area contributed by atoms with Crippen molar-refractivity contribution in [2.45, 2.75) is 39.3 Å². The molecule has 0 aromatic rings. The van der Waals surface area contributed by atoms with Crippen LogP contribution >= 0.6 is 0 Å². The molecule has 0 aromatic heterocycles. The molecule has 1 amide bonds. The summed E-state index contributed by atoms with van der Waals surface area (Å²) in [4.78, 5) is 10.5. The van der Waals surface area contributed by atoms with Gasteiger partial charge < -0.3 is 10.4 Å². The van der Waals surface area contributed by atoms with Gasteiger partial charge in [0.1, 0.15) is 0 Å². The molecule has 0 fully saturated rings. The topological polar surface area (TPSA) is 49.3 Å². The van der Waals surface area contributed by atoms with E-state index in [2.05, 4.69) is 5.32 Å². The number of rotatable bonds is 3. The van der Waals surface area contributed by atoms with Gasteiger partial charge in [-0.3, -0.25) is 4.79 Å². The standard InChI is InChI=1S/C7H15NO2/c1-4-7(5(2)9)8-6(3)10/h5,7,9H,4H2,1-3H3,(H,8,10)/t5-,7-/m1/s1. The third-order valence-electron chi connectivity index (χ3n) is 1.41. The average Bonchev–Trinajstić information content (AvgIpc) is 1.81. The van der Waals surface area contributed by atoms with Crippen LogP contribution in [-0.2, 0) is 4.79 Å². The highest BCUT2D eigenvalue weighted by Gasteiger charge is 2.12. The van der Waals surface area contributed by atoms with E-state index in [9.17, 15) is 4.79 Å². The van der Waals surface area contributed by atoms with Gasteiger partial charge in [-0.25, -0.2) is 0 Å². The van der Waals surface area contributed by atoms with E-state index in [0.29, 0.717) is 0 Å². The number of carbonyl (C=O) groups is 1. The molecule has 0 aliphatic carbocycles. The molecule has 0 unspecified atom stereocenters. The maximum atomic E-state index is 10.5. The highest BCUT2D eigenvalue weighted by molar-refractivity contribution is 5.73. The Hall–Kier alpha value is -0.570. The maximum Gasteiger partial charge on any atom is 0.217 e. The largest absolute Gasteiger partial charge is 0.391 e. The molecule has 2 N–H and O–H groups in total. The predicted octanol–water partition coefficient (Wildman–Crippen LogP) is 0.282. The van der Waals surface area contributed by atoms with Gasteiger partial charge in [0.25, 0.3) is 0 Å². The molecule has 0 rings (SSSR count). The molecule has 0 aromatic carbocycles. The van der Waals surface area contributed by atoms with Crippen LogP contribution in [0, 0.1) is 0 Å². The Balaban J connectivity index is 3.71. The van der Waals surface area contributed by atoms with Gasteiger partial charge in [-0.2, -0.15) is 0 Å². The van der Waals surface area contributed by atoms with Crippen LogP contribution in [0.1, 0.15) is 27.2 Å². The monoisotopic (exact) mass is 145 g/mol. The molecule has 0 saturated heterocycles. The fraction of sp³-hybridized carbons (Fsp3) is 0.857. The third kappa shape index (κ3) is 3.45. The first-order chi connectivity index (χ1) is 4.57. The van der Waals surface area contributed by atoms with Crippen molar-refractivity contribution in [3.8, 4) is 0 Å². The van der Waals surface area contributed by atoms with Crippen molar-refractivity contribution in [2.75, 3.05) is 0 Å². The van der Waals surface area contributed by atoms with Gasteiger partial charge in [0.15, 0.2) is 0 Å². The Kier molecular flexibility index (Phi) is 4.03. The molecule has 0 saturated carbocycles. The molecule has 3 nitrogen and oxygen atoms in total. The lowest BCUT2D eigenvalue weighted by Crippen LogP contribution is -2.40. The van der Waals surface area contributed by atoms with E-state index in [1.54, 1.807) is 6.92 Å². The van der Waals surface area contributed by atoms with E-state index in [0.717, 1.165) is 6.42 Å². The highest BCUT2D eigenvalue weighted by atomic mass is 16.3. The highest BCUT2D eigenvalue weighted by Crippen LogP contribution is 1.96. The van der Waals surface area contributed by atoms with Crippen molar-refractivity contribution in [3.05, 3.63) is 0 Å². The summed E-state index contributed by atoms with van der Waals surface area (Å²) in [6.07, 6.45) is 0.297. The first kappa shape index (κ1) is 9.43. The van der Waals surface area contributed by atoms with Crippen LogP contribution in [0.4, 0.5) is 0 Å². The van der Waals surface area contributed by atoms with E-state index in [-0.39, 0.29) is 11.9 Å². The van der Waals surface area contributed by atoms with Gasteiger partial charge in [0.2, 0.25) is 5.91 Å². The van der Waals surface area contributed by atoms with Gasteiger partial charge in [0, 0.05) is 6.92 Å². The van der Waals surface area contributed by atoms with E-state index >= 15 is 0 Å². The summed E-state index contributed by atoms with van der Waals surface area (Å²) in [7, 11) is 0. The molecule has 0 spiro atoms. The second-order valence-corrected chi connectivity index (χ2v) is 2.46. The van der Waals surface area contributed by atoms with Gasteiger partial charge in [-0.15, -0.1) is 0 Å². The van der Waals surface area contributed by atoms with E-state index in [1.165, 1.54) is 6.92 Å². The zero-order chi connectivity index (χ0) is 8.15. The fourth-order valence-corrected chi connectivity index (χ4v) is 0.825. The lowest BCUT2D eigenvalue weighted by molar-refractivity contribution is -0.120. The van der Waals surface area contributed by atoms with E-state index in [1.807, 2.05) is 6.92 Å². The van der Waals surface area contributed by atoms with Crippen LogP contribution in [0.3, 0.4) is 0 Å². The summed E-state index contributed by atoms with van der Waals surface area (Å²) in [5.41, 5.74) is 0. The molecule has 2 atom stereocenters. The molecule has 0 radical (unpaired) electrons. The zero-order valence-corrected chi connectivity index (χ0v) is 6.72. The smallest absolute Gasteiger partial charge is 0.217 e. The number of hydrogen-bond donors (Lipinski definition) is 2. The molecule has 0 bridgehead atoms. The van der Waals surface area contributed by atoms with Crippen molar-refractivity contribution in [1.29, 1.82) is 0 Å². The quantitative estimate of drug-likeness (QED) is 0.599. The lowest BCUT2D eigenvalue weighted by atomic mass is 10.1.